The van der Waals surface area contributed by atoms with Gasteiger partial charge in [0.1, 0.15) is 4.88 Å². The van der Waals surface area contributed by atoms with E-state index in [1.54, 1.807) is 61.7 Å². The zero-order valence-electron chi connectivity index (χ0n) is 16.7. The average molecular weight is 483 g/mol. The van der Waals surface area contributed by atoms with E-state index in [0.29, 0.717) is 31.9 Å². The Morgan fingerprint density at radius 1 is 1.00 bits per heavy atom. The van der Waals surface area contributed by atoms with Crippen molar-refractivity contribution in [2.24, 2.45) is 5.10 Å². The first-order valence-corrected chi connectivity index (χ1v) is 11.0. The Labute approximate surface area is 197 Å². The van der Waals surface area contributed by atoms with Crippen molar-refractivity contribution in [1.82, 2.24) is 10.4 Å². The Balaban J connectivity index is 1.48. The summed E-state index contributed by atoms with van der Waals surface area (Å²) in [6.45, 7) is 1.76. The van der Waals surface area contributed by atoms with Crippen LogP contribution in [0.2, 0.25) is 10.0 Å². The lowest BCUT2D eigenvalue weighted by Gasteiger charge is -2.08. The Morgan fingerprint density at radius 3 is 2.59 bits per heavy atom. The number of carbonyl (C=O) groups is 2. The number of nitrogens with zero attached hydrogens (tertiary/aromatic N) is 2. The standard InChI is InChI=1S/C23H16Cl2N4O2S/c1-13(14-4-2-6-17(10-14)27-22(30)15-5-3-9-26-12-15)28-29-23(31)21-20(25)18-8-7-16(24)11-19(18)32-21/h2-12H,1H3,(H,27,30)(H,29,31)/b28-13+. The van der Waals surface area contributed by atoms with Crippen molar-refractivity contribution in [3.05, 3.63) is 93.0 Å². The molecular formula is C23H16Cl2N4O2S. The van der Waals surface area contributed by atoms with Crippen molar-refractivity contribution >= 4 is 67.8 Å². The number of carbonyl (C=O) groups excluding carboxylic acids is 2. The Bertz CT molecular complexity index is 1350. The van der Waals surface area contributed by atoms with E-state index in [1.165, 1.54) is 17.5 Å². The van der Waals surface area contributed by atoms with Crippen LogP contribution < -0.4 is 10.7 Å². The van der Waals surface area contributed by atoms with Crippen LogP contribution in [0.5, 0.6) is 0 Å². The lowest BCUT2D eigenvalue weighted by atomic mass is 10.1. The molecule has 2 aromatic carbocycles. The number of benzene rings is 2. The van der Waals surface area contributed by atoms with Gasteiger partial charge in [-0.05, 0) is 48.9 Å². The molecule has 0 aliphatic rings. The van der Waals surface area contributed by atoms with Gasteiger partial charge in [-0.2, -0.15) is 5.10 Å². The van der Waals surface area contributed by atoms with Crippen molar-refractivity contribution in [3.63, 3.8) is 0 Å². The number of aromatic nitrogens is 1. The van der Waals surface area contributed by atoms with Gasteiger partial charge in [0.05, 0.1) is 16.3 Å². The normalized spacial score (nSPS) is 11.4. The summed E-state index contributed by atoms with van der Waals surface area (Å²) in [5, 5.41) is 8.73. The number of rotatable bonds is 5. The highest BCUT2D eigenvalue weighted by Gasteiger charge is 2.17. The predicted molar refractivity (Wildman–Crippen MR) is 130 cm³/mol. The van der Waals surface area contributed by atoms with Gasteiger partial charge in [-0.15, -0.1) is 11.3 Å². The molecule has 2 aromatic heterocycles. The third-order valence-electron chi connectivity index (χ3n) is 4.58. The maximum atomic E-state index is 12.6. The number of pyridine rings is 1. The molecule has 0 bridgehead atoms. The van der Waals surface area contributed by atoms with Gasteiger partial charge >= 0.3 is 0 Å². The highest BCUT2D eigenvalue weighted by Crippen LogP contribution is 2.36. The number of hydrogen-bond acceptors (Lipinski definition) is 5. The minimum atomic E-state index is -0.410. The van der Waals surface area contributed by atoms with E-state index in [0.717, 1.165) is 15.6 Å². The predicted octanol–water partition coefficient (Wildman–Crippen LogP) is 6.01. The summed E-state index contributed by atoms with van der Waals surface area (Å²) in [7, 11) is 0. The van der Waals surface area contributed by atoms with E-state index < -0.39 is 5.91 Å². The number of hydrazone groups is 1. The minimum absolute atomic E-state index is 0.266. The zero-order chi connectivity index (χ0) is 22.7. The van der Waals surface area contributed by atoms with Gasteiger partial charge in [0.25, 0.3) is 11.8 Å². The SMILES string of the molecule is C/C(=N\NC(=O)c1sc2cc(Cl)ccc2c1Cl)c1cccc(NC(=O)c2cccnc2)c1. The summed E-state index contributed by atoms with van der Waals surface area (Å²) in [5.74, 6) is -0.676. The molecule has 2 N–H and O–H groups in total. The molecule has 4 rings (SSSR count). The number of hydrogen-bond donors (Lipinski definition) is 2. The first kappa shape index (κ1) is 22.0. The van der Waals surface area contributed by atoms with Gasteiger partial charge in [-0.1, -0.05) is 41.4 Å². The fourth-order valence-electron chi connectivity index (χ4n) is 2.96. The first-order chi connectivity index (χ1) is 15.4. The maximum Gasteiger partial charge on any atom is 0.283 e. The molecular weight excluding hydrogens is 467 g/mol. The van der Waals surface area contributed by atoms with Crippen molar-refractivity contribution in [2.45, 2.75) is 6.92 Å². The van der Waals surface area contributed by atoms with Crippen LogP contribution in [0.3, 0.4) is 0 Å². The number of nitrogens with one attached hydrogen (secondary N) is 2. The van der Waals surface area contributed by atoms with E-state index in [4.69, 9.17) is 23.2 Å². The summed E-state index contributed by atoms with van der Waals surface area (Å²) in [6, 6.07) is 15.8. The molecule has 0 aliphatic carbocycles. The van der Waals surface area contributed by atoms with Gasteiger partial charge in [0.2, 0.25) is 0 Å². The van der Waals surface area contributed by atoms with Crippen LogP contribution in [-0.4, -0.2) is 22.5 Å². The summed E-state index contributed by atoms with van der Waals surface area (Å²) in [5.41, 5.74) is 4.91. The summed E-state index contributed by atoms with van der Waals surface area (Å²) in [6.07, 6.45) is 3.10. The maximum absolute atomic E-state index is 12.6. The van der Waals surface area contributed by atoms with Gasteiger partial charge < -0.3 is 5.32 Å². The van der Waals surface area contributed by atoms with Crippen LogP contribution >= 0.6 is 34.5 Å². The Morgan fingerprint density at radius 2 is 1.81 bits per heavy atom. The van der Waals surface area contributed by atoms with E-state index in [2.05, 4.69) is 20.8 Å². The summed E-state index contributed by atoms with van der Waals surface area (Å²) in [4.78, 5) is 29.3. The number of anilines is 1. The highest BCUT2D eigenvalue weighted by atomic mass is 35.5. The van der Waals surface area contributed by atoms with E-state index in [1.807, 2.05) is 6.07 Å². The molecule has 2 heterocycles. The fourth-order valence-corrected chi connectivity index (χ4v) is 4.64. The van der Waals surface area contributed by atoms with Crippen LogP contribution in [0.15, 0.2) is 72.1 Å². The molecule has 9 heteroatoms. The molecule has 0 aliphatic heterocycles. The molecule has 2 amide bonds. The second-order valence-electron chi connectivity index (χ2n) is 6.80. The third kappa shape index (κ3) is 4.80. The van der Waals surface area contributed by atoms with Crippen LogP contribution in [0, 0.1) is 0 Å². The summed E-state index contributed by atoms with van der Waals surface area (Å²) >= 11 is 13.6. The molecule has 0 spiro atoms. The lowest BCUT2D eigenvalue weighted by molar-refractivity contribution is 0.0958. The number of fused-ring (bicyclic) bond motifs is 1. The number of amides is 2. The quantitative estimate of drug-likeness (QED) is 0.269. The molecule has 4 aromatic rings. The third-order valence-corrected chi connectivity index (χ3v) is 6.48. The van der Waals surface area contributed by atoms with Crippen LogP contribution in [-0.2, 0) is 0 Å². The Hall–Kier alpha value is -3.26. The second kappa shape index (κ2) is 9.48. The summed E-state index contributed by atoms with van der Waals surface area (Å²) < 4.78 is 0.824. The van der Waals surface area contributed by atoms with E-state index >= 15 is 0 Å². The highest BCUT2D eigenvalue weighted by molar-refractivity contribution is 7.21. The molecule has 32 heavy (non-hydrogen) atoms. The van der Waals surface area contributed by atoms with Crippen LogP contribution in [0.1, 0.15) is 32.5 Å². The average Bonchev–Trinajstić information content (AvgIpc) is 3.13. The fraction of sp³-hybridized carbons (Fsp3) is 0.0435. The molecule has 0 fully saturated rings. The van der Waals surface area contributed by atoms with Crippen molar-refractivity contribution < 1.29 is 9.59 Å². The van der Waals surface area contributed by atoms with Gasteiger partial charge in [-0.25, -0.2) is 5.43 Å². The van der Waals surface area contributed by atoms with Crippen LogP contribution in [0.25, 0.3) is 10.1 Å². The van der Waals surface area contributed by atoms with Crippen molar-refractivity contribution in [2.75, 3.05) is 5.32 Å². The molecule has 0 saturated carbocycles. The van der Waals surface area contributed by atoms with Gasteiger partial charge in [0, 0.05) is 33.2 Å². The molecule has 0 saturated heterocycles. The molecule has 160 valence electrons. The van der Waals surface area contributed by atoms with Gasteiger partial charge in [0.15, 0.2) is 0 Å². The van der Waals surface area contributed by atoms with Crippen molar-refractivity contribution in [1.29, 1.82) is 0 Å². The minimum Gasteiger partial charge on any atom is -0.322 e. The zero-order valence-corrected chi connectivity index (χ0v) is 19.1. The monoisotopic (exact) mass is 482 g/mol. The molecule has 0 atom stereocenters. The van der Waals surface area contributed by atoms with Crippen molar-refractivity contribution in [3.8, 4) is 0 Å². The van der Waals surface area contributed by atoms with Gasteiger partial charge in [-0.3, -0.25) is 14.6 Å². The first-order valence-electron chi connectivity index (χ1n) is 9.46. The molecule has 6 nitrogen and oxygen atoms in total. The largest absolute Gasteiger partial charge is 0.322 e. The van der Waals surface area contributed by atoms with E-state index in [-0.39, 0.29) is 5.91 Å². The lowest BCUT2D eigenvalue weighted by Crippen LogP contribution is -2.18. The topological polar surface area (TPSA) is 83.5 Å². The van der Waals surface area contributed by atoms with Crippen LogP contribution in [0.4, 0.5) is 5.69 Å². The molecule has 0 unspecified atom stereocenters. The number of halogens is 2. The molecule has 0 radical (unpaired) electrons. The van der Waals surface area contributed by atoms with E-state index in [9.17, 15) is 9.59 Å². The smallest absolute Gasteiger partial charge is 0.283 e. The second-order valence-corrected chi connectivity index (χ2v) is 8.67. The number of thiophene rings is 1. The Kier molecular flexibility index (Phi) is 6.50.